The van der Waals surface area contributed by atoms with Crippen LogP contribution in [0, 0.1) is 5.82 Å². The van der Waals surface area contributed by atoms with Crippen LogP contribution in [-0.2, 0) is 4.74 Å². The maximum atomic E-state index is 13.6. The third-order valence-corrected chi connectivity index (χ3v) is 3.60. The minimum absolute atomic E-state index is 0.101. The summed E-state index contributed by atoms with van der Waals surface area (Å²) >= 11 is 5.84. The minimum atomic E-state index is -0.608. The molecular weight excluding hydrogens is 283 g/mol. The van der Waals surface area contributed by atoms with E-state index >= 15 is 0 Å². The molecule has 1 N–H and O–H groups in total. The highest BCUT2D eigenvalue weighted by atomic mass is 35.5. The van der Waals surface area contributed by atoms with E-state index in [2.05, 4.69) is 10.2 Å². The Kier molecular flexibility index (Phi) is 5.34. The predicted octanol–water partition coefficient (Wildman–Crippen LogP) is 1.93. The maximum Gasteiger partial charge on any atom is 0.255 e. The van der Waals surface area contributed by atoms with E-state index in [9.17, 15) is 9.18 Å². The fourth-order valence-electron chi connectivity index (χ4n) is 2.19. The van der Waals surface area contributed by atoms with Gasteiger partial charge in [0.1, 0.15) is 5.82 Å². The number of hydrogen-bond acceptors (Lipinski definition) is 3. The Hall–Kier alpha value is -1.17. The monoisotopic (exact) mass is 300 g/mol. The van der Waals surface area contributed by atoms with Crippen LogP contribution < -0.4 is 5.32 Å². The number of nitrogens with zero attached hydrogens (tertiary/aromatic N) is 1. The number of ether oxygens (including phenoxy) is 1. The molecule has 1 aliphatic rings. The van der Waals surface area contributed by atoms with Gasteiger partial charge in [-0.05, 0) is 25.6 Å². The average Bonchev–Trinajstić information content (AvgIpc) is 2.38. The van der Waals surface area contributed by atoms with Gasteiger partial charge >= 0.3 is 0 Å². The Bertz CT molecular complexity index is 464. The quantitative estimate of drug-likeness (QED) is 0.924. The number of nitrogens with one attached hydrogen (secondary N) is 1. The molecule has 1 atom stereocenters. The highest BCUT2D eigenvalue weighted by Gasteiger charge is 2.19. The summed E-state index contributed by atoms with van der Waals surface area (Å²) in [4.78, 5) is 14.1. The van der Waals surface area contributed by atoms with Crippen molar-refractivity contribution in [1.29, 1.82) is 0 Å². The first-order valence-corrected chi connectivity index (χ1v) is 6.98. The lowest BCUT2D eigenvalue weighted by Gasteiger charge is -2.30. The summed E-state index contributed by atoms with van der Waals surface area (Å²) in [5.41, 5.74) is -0.101. The van der Waals surface area contributed by atoms with Gasteiger partial charge < -0.3 is 15.0 Å². The molecule has 1 saturated heterocycles. The molecular formula is C14H18ClFN2O2. The van der Waals surface area contributed by atoms with Crippen LogP contribution in [-0.4, -0.2) is 50.2 Å². The molecule has 1 fully saturated rings. The van der Waals surface area contributed by atoms with Crippen LogP contribution in [0.15, 0.2) is 18.2 Å². The van der Waals surface area contributed by atoms with Crippen LogP contribution in [0.25, 0.3) is 0 Å². The van der Waals surface area contributed by atoms with Crippen LogP contribution in [0.4, 0.5) is 4.39 Å². The van der Waals surface area contributed by atoms with Gasteiger partial charge in [-0.2, -0.15) is 0 Å². The average molecular weight is 301 g/mol. The third-order valence-electron chi connectivity index (χ3n) is 3.28. The molecule has 1 aromatic rings. The largest absolute Gasteiger partial charge is 0.375 e. The second-order valence-corrected chi connectivity index (χ2v) is 5.30. The zero-order valence-corrected chi connectivity index (χ0v) is 12.1. The number of benzene rings is 1. The summed E-state index contributed by atoms with van der Waals surface area (Å²) in [6.45, 7) is 2.90. The molecule has 0 bridgehead atoms. The lowest BCUT2D eigenvalue weighted by molar-refractivity contribution is -0.0226. The Labute approximate surface area is 122 Å². The molecule has 0 radical (unpaired) electrons. The first-order valence-electron chi connectivity index (χ1n) is 6.60. The van der Waals surface area contributed by atoms with Gasteiger partial charge in [0.2, 0.25) is 0 Å². The Morgan fingerprint density at radius 1 is 1.60 bits per heavy atom. The zero-order chi connectivity index (χ0) is 14.5. The smallest absolute Gasteiger partial charge is 0.255 e. The molecule has 1 unspecified atom stereocenters. The van der Waals surface area contributed by atoms with E-state index in [0.29, 0.717) is 19.6 Å². The van der Waals surface area contributed by atoms with E-state index in [4.69, 9.17) is 16.3 Å². The summed E-state index contributed by atoms with van der Waals surface area (Å²) in [5.74, 6) is -1.10. The standard InChI is InChI=1S/C14H18ClFN2O2/c1-18-7-8-20-10(9-18)5-6-17-14(19)13-11(15)3-2-4-12(13)16/h2-4,10H,5-9H2,1H3,(H,17,19). The Morgan fingerprint density at radius 3 is 3.10 bits per heavy atom. The number of likely N-dealkylation sites (N-methyl/N-ethyl adjacent to an activating group) is 1. The molecule has 1 heterocycles. The molecule has 20 heavy (non-hydrogen) atoms. The van der Waals surface area contributed by atoms with Gasteiger partial charge in [-0.1, -0.05) is 17.7 Å². The number of halogens is 2. The van der Waals surface area contributed by atoms with E-state index in [0.717, 1.165) is 13.1 Å². The van der Waals surface area contributed by atoms with E-state index < -0.39 is 11.7 Å². The van der Waals surface area contributed by atoms with Crippen molar-refractivity contribution in [2.24, 2.45) is 0 Å². The van der Waals surface area contributed by atoms with Gasteiger partial charge in [0.05, 0.1) is 23.3 Å². The van der Waals surface area contributed by atoms with E-state index in [-0.39, 0.29) is 16.7 Å². The first kappa shape index (κ1) is 15.2. The number of hydrogen-bond donors (Lipinski definition) is 1. The van der Waals surface area contributed by atoms with Crippen molar-refractivity contribution in [3.05, 3.63) is 34.6 Å². The molecule has 110 valence electrons. The van der Waals surface area contributed by atoms with E-state index in [1.165, 1.54) is 18.2 Å². The predicted molar refractivity (Wildman–Crippen MR) is 75.6 cm³/mol. The van der Waals surface area contributed by atoms with Gasteiger partial charge in [-0.25, -0.2) is 4.39 Å². The van der Waals surface area contributed by atoms with Crippen LogP contribution in [0.5, 0.6) is 0 Å². The van der Waals surface area contributed by atoms with E-state index in [1.807, 2.05) is 7.05 Å². The van der Waals surface area contributed by atoms with Crippen LogP contribution >= 0.6 is 11.6 Å². The topological polar surface area (TPSA) is 41.6 Å². The second-order valence-electron chi connectivity index (χ2n) is 4.90. The van der Waals surface area contributed by atoms with Gasteiger partial charge in [-0.15, -0.1) is 0 Å². The first-order chi connectivity index (χ1) is 9.58. The molecule has 0 saturated carbocycles. The van der Waals surface area contributed by atoms with Crippen molar-refractivity contribution in [3.8, 4) is 0 Å². The van der Waals surface area contributed by atoms with Gasteiger partial charge in [0, 0.05) is 19.6 Å². The third kappa shape index (κ3) is 3.91. The van der Waals surface area contributed by atoms with Crippen molar-refractivity contribution >= 4 is 17.5 Å². The van der Waals surface area contributed by atoms with Crippen LogP contribution in [0.3, 0.4) is 0 Å². The lowest BCUT2D eigenvalue weighted by Crippen LogP contribution is -2.41. The molecule has 2 rings (SSSR count). The number of amides is 1. The van der Waals surface area contributed by atoms with Crippen molar-refractivity contribution < 1.29 is 13.9 Å². The second kappa shape index (κ2) is 7.02. The van der Waals surface area contributed by atoms with Gasteiger partial charge in [-0.3, -0.25) is 4.79 Å². The molecule has 6 heteroatoms. The fraction of sp³-hybridized carbons (Fsp3) is 0.500. The fourth-order valence-corrected chi connectivity index (χ4v) is 2.44. The van der Waals surface area contributed by atoms with Crippen molar-refractivity contribution in [3.63, 3.8) is 0 Å². The lowest BCUT2D eigenvalue weighted by atomic mass is 10.1. The molecule has 4 nitrogen and oxygen atoms in total. The Balaban J connectivity index is 1.83. The highest BCUT2D eigenvalue weighted by molar-refractivity contribution is 6.33. The van der Waals surface area contributed by atoms with Crippen molar-refractivity contribution in [1.82, 2.24) is 10.2 Å². The summed E-state index contributed by atoms with van der Waals surface area (Å²) in [7, 11) is 2.03. The van der Waals surface area contributed by atoms with E-state index in [1.54, 1.807) is 0 Å². The van der Waals surface area contributed by atoms with Crippen molar-refractivity contribution in [2.75, 3.05) is 33.3 Å². The molecule has 0 aliphatic carbocycles. The van der Waals surface area contributed by atoms with Crippen LogP contribution in [0.1, 0.15) is 16.8 Å². The number of morpholine rings is 1. The normalized spacial score (nSPS) is 19.9. The summed E-state index contributed by atoms with van der Waals surface area (Å²) in [6, 6.07) is 4.19. The highest BCUT2D eigenvalue weighted by Crippen LogP contribution is 2.18. The molecule has 1 amide bonds. The molecule has 1 aromatic carbocycles. The zero-order valence-electron chi connectivity index (χ0n) is 11.4. The maximum absolute atomic E-state index is 13.6. The number of rotatable bonds is 4. The minimum Gasteiger partial charge on any atom is -0.375 e. The summed E-state index contributed by atoms with van der Waals surface area (Å²) in [6.07, 6.45) is 0.799. The SMILES string of the molecule is CN1CCOC(CCNC(=O)c2c(F)cccc2Cl)C1. The van der Waals surface area contributed by atoms with Gasteiger partial charge in [0.25, 0.3) is 5.91 Å². The van der Waals surface area contributed by atoms with Gasteiger partial charge in [0.15, 0.2) is 0 Å². The summed E-state index contributed by atoms with van der Waals surface area (Å²) < 4.78 is 19.1. The van der Waals surface area contributed by atoms with Crippen molar-refractivity contribution in [2.45, 2.75) is 12.5 Å². The number of carbonyl (C=O) groups excluding carboxylic acids is 1. The number of carbonyl (C=O) groups is 1. The summed E-state index contributed by atoms with van der Waals surface area (Å²) in [5, 5.41) is 2.80. The molecule has 1 aliphatic heterocycles. The molecule has 0 aromatic heterocycles. The Morgan fingerprint density at radius 2 is 2.40 bits per heavy atom. The molecule has 0 spiro atoms. The van der Waals surface area contributed by atoms with Crippen LogP contribution in [0.2, 0.25) is 5.02 Å².